The molecule has 1 aromatic carbocycles. The van der Waals surface area contributed by atoms with Gasteiger partial charge in [0.2, 0.25) is 0 Å². The lowest BCUT2D eigenvalue weighted by Crippen LogP contribution is -2.27. The van der Waals surface area contributed by atoms with Gasteiger partial charge in [0.05, 0.1) is 4.92 Å². The van der Waals surface area contributed by atoms with E-state index in [0.717, 1.165) is 17.8 Å². The Bertz CT molecular complexity index is 458. The van der Waals surface area contributed by atoms with Crippen molar-refractivity contribution in [3.05, 3.63) is 33.4 Å². The maximum atomic E-state index is 10.9. The smallest absolute Gasteiger partial charge is 0.274 e. The van der Waals surface area contributed by atoms with E-state index in [2.05, 4.69) is 19.2 Å². The number of nitrogens with zero attached hydrogens (tertiary/aromatic N) is 1. The van der Waals surface area contributed by atoms with Gasteiger partial charge in [-0.15, -0.1) is 0 Å². The van der Waals surface area contributed by atoms with E-state index in [-0.39, 0.29) is 10.6 Å². The van der Waals surface area contributed by atoms with Gasteiger partial charge in [-0.25, -0.2) is 0 Å². The van der Waals surface area contributed by atoms with E-state index in [1.54, 1.807) is 13.0 Å². The van der Waals surface area contributed by atoms with Crippen molar-refractivity contribution in [2.75, 3.05) is 18.4 Å². The summed E-state index contributed by atoms with van der Waals surface area (Å²) in [6.07, 6.45) is 0. The molecule has 0 aliphatic heterocycles. The summed E-state index contributed by atoms with van der Waals surface area (Å²) in [6.45, 7) is 9.30. The highest BCUT2D eigenvalue weighted by molar-refractivity contribution is 5.60. The maximum absolute atomic E-state index is 10.9. The number of nitrogens with two attached hydrogens (primary N) is 1. The molecule has 1 atom stereocenters. The second-order valence-corrected chi connectivity index (χ2v) is 5.33. The molecule has 1 aromatic rings. The van der Waals surface area contributed by atoms with Gasteiger partial charge >= 0.3 is 0 Å². The van der Waals surface area contributed by atoms with Crippen LogP contribution in [0, 0.1) is 35.8 Å². The normalized spacial score (nSPS) is 12.5. The summed E-state index contributed by atoms with van der Waals surface area (Å²) in [5.41, 5.74) is 8.40. The quantitative estimate of drug-likeness (QED) is 0.612. The highest BCUT2D eigenvalue weighted by atomic mass is 16.6. The Kier molecular flexibility index (Phi) is 5.30. The topological polar surface area (TPSA) is 81.2 Å². The van der Waals surface area contributed by atoms with Gasteiger partial charge in [-0.05, 0) is 43.9 Å². The first-order valence-corrected chi connectivity index (χ1v) is 6.56. The third kappa shape index (κ3) is 3.92. The van der Waals surface area contributed by atoms with Crippen LogP contribution in [-0.2, 0) is 0 Å². The Morgan fingerprint density at radius 1 is 1.32 bits per heavy atom. The summed E-state index contributed by atoms with van der Waals surface area (Å²) in [7, 11) is 0. The second-order valence-electron chi connectivity index (χ2n) is 5.33. The van der Waals surface area contributed by atoms with E-state index < -0.39 is 0 Å². The number of nitrogens with one attached hydrogen (secondary N) is 1. The minimum Gasteiger partial charge on any atom is -0.384 e. The molecule has 0 bridgehead atoms. The van der Waals surface area contributed by atoms with Crippen molar-refractivity contribution in [1.82, 2.24) is 0 Å². The lowest BCUT2D eigenvalue weighted by molar-refractivity contribution is -0.385. The Morgan fingerprint density at radius 3 is 2.42 bits per heavy atom. The summed E-state index contributed by atoms with van der Waals surface area (Å²) >= 11 is 0. The van der Waals surface area contributed by atoms with E-state index in [9.17, 15) is 10.1 Å². The largest absolute Gasteiger partial charge is 0.384 e. The van der Waals surface area contributed by atoms with Gasteiger partial charge in [0.15, 0.2) is 0 Å². The minimum atomic E-state index is -0.344. The zero-order valence-corrected chi connectivity index (χ0v) is 12.1. The third-order valence-electron chi connectivity index (χ3n) is 3.54. The fourth-order valence-electron chi connectivity index (χ4n) is 2.06. The van der Waals surface area contributed by atoms with Crippen molar-refractivity contribution in [3.8, 4) is 0 Å². The zero-order chi connectivity index (χ0) is 14.6. The van der Waals surface area contributed by atoms with Crippen LogP contribution in [0.1, 0.15) is 25.0 Å². The molecule has 0 saturated heterocycles. The molecule has 19 heavy (non-hydrogen) atoms. The number of hydrogen-bond donors (Lipinski definition) is 2. The average molecular weight is 265 g/mol. The molecule has 5 nitrogen and oxygen atoms in total. The number of aryl methyl sites for hydroxylation is 2. The molecule has 0 fully saturated rings. The van der Waals surface area contributed by atoms with E-state index in [1.807, 2.05) is 13.0 Å². The molecule has 0 heterocycles. The maximum Gasteiger partial charge on any atom is 0.274 e. The first-order chi connectivity index (χ1) is 8.86. The van der Waals surface area contributed by atoms with Crippen molar-refractivity contribution < 1.29 is 4.92 Å². The number of nitro benzene ring substituents is 1. The van der Waals surface area contributed by atoms with Gasteiger partial charge in [0.1, 0.15) is 0 Å². The van der Waals surface area contributed by atoms with Crippen molar-refractivity contribution >= 4 is 11.4 Å². The fraction of sp³-hybridized carbons (Fsp3) is 0.571. The van der Waals surface area contributed by atoms with Gasteiger partial charge in [-0.1, -0.05) is 13.8 Å². The van der Waals surface area contributed by atoms with E-state index in [0.29, 0.717) is 23.9 Å². The summed E-state index contributed by atoms with van der Waals surface area (Å²) in [5.74, 6) is 0.845. The van der Waals surface area contributed by atoms with Crippen molar-refractivity contribution in [3.63, 3.8) is 0 Å². The molecule has 3 N–H and O–H groups in total. The minimum absolute atomic E-state index is 0.155. The summed E-state index contributed by atoms with van der Waals surface area (Å²) < 4.78 is 0. The molecule has 1 unspecified atom stereocenters. The highest BCUT2D eigenvalue weighted by Gasteiger charge is 2.15. The summed E-state index contributed by atoms with van der Waals surface area (Å²) in [5, 5.41) is 14.2. The molecular weight excluding hydrogens is 242 g/mol. The molecule has 0 saturated carbocycles. The highest BCUT2D eigenvalue weighted by Crippen LogP contribution is 2.26. The zero-order valence-electron chi connectivity index (χ0n) is 12.1. The Hall–Kier alpha value is -1.62. The Balaban J connectivity index is 2.89. The van der Waals surface area contributed by atoms with Crippen molar-refractivity contribution in [2.24, 2.45) is 17.6 Å². The third-order valence-corrected chi connectivity index (χ3v) is 3.54. The number of benzene rings is 1. The van der Waals surface area contributed by atoms with Gasteiger partial charge in [-0.3, -0.25) is 10.1 Å². The van der Waals surface area contributed by atoms with Crippen LogP contribution in [-0.4, -0.2) is 18.0 Å². The van der Waals surface area contributed by atoms with Crippen LogP contribution in [0.2, 0.25) is 0 Å². The molecular formula is C14H23N3O2. The lowest BCUT2D eigenvalue weighted by Gasteiger charge is -2.20. The number of nitro groups is 1. The second kappa shape index (κ2) is 6.52. The van der Waals surface area contributed by atoms with Crippen LogP contribution >= 0.6 is 0 Å². The number of anilines is 1. The molecule has 0 amide bonds. The van der Waals surface area contributed by atoms with Gasteiger partial charge < -0.3 is 11.1 Å². The van der Waals surface area contributed by atoms with Gasteiger partial charge in [-0.2, -0.15) is 0 Å². The molecule has 106 valence electrons. The molecule has 0 spiro atoms. The SMILES string of the molecule is Cc1cc(C)c([N+](=O)[O-])cc1NCC(CN)C(C)C. The van der Waals surface area contributed by atoms with Gasteiger partial charge in [0.25, 0.3) is 5.69 Å². The van der Waals surface area contributed by atoms with Crippen LogP contribution in [0.25, 0.3) is 0 Å². The standard InChI is InChI=1S/C14H23N3O2/c1-9(2)12(7-15)8-16-13-6-14(17(18)19)11(4)5-10(13)3/h5-6,9,12,16H,7-8,15H2,1-4H3. The number of rotatable bonds is 6. The Morgan fingerprint density at radius 2 is 1.95 bits per heavy atom. The lowest BCUT2D eigenvalue weighted by atomic mass is 9.96. The summed E-state index contributed by atoms with van der Waals surface area (Å²) in [6, 6.07) is 3.45. The van der Waals surface area contributed by atoms with Crippen molar-refractivity contribution in [2.45, 2.75) is 27.7 Å². The monoisotopic (exact) mass is 265 g/mol. The number of hydrogen-bond acceptors (Lipinski definition) is 4. The van der Waals surface area contributed by atoms with E-state index in [4.69, 9.17) is 5.73 Å². The van der Waals surface area contributed by atoms with E-state index in [1.165, 1.54) is 0 Å². The average Bonchev–Trinajstić information content (AvgIpc) is 2.31. The summed E-state index contributed by atoms with van der Waals surface area (Å²) in [4.78, 5) is 10.6. The van der Waals surface area contributed by atoms with Crippen LogP contribution < -0.4 is 11.1 Å². The van der Waals surface area contributed by atoms with Gasteiger partial charge in [0, 0.05) is 23.9 Å². The van der Waals surface area contributed by atoms with Crippen LogP contribution in [0.3, 0.4) is 0 Å². The molecule has 0 radical (unpaired) electrons. The first-order valence-electron chi connectivity index (χ1n) is 6.56. The van der Waals surface area contributed by atoms with Crippen LogP contribution in [0.4, 0.5) is 11.4 Å². The molecule has 0 aromatic heterocycles. The van der Waals surface area contributed by atoms with Crippen LogP contribution in [0.5, 0.6) is 0 Å². The molecule has 0 aliphatic rings. The van der Waals surface area contributed by atoms with E-state index >= 15 is 0 Å². The molecule has 1 rings (SSSR count). The first kappa shape index (κ1) is 15.4. The molecule has 5 heteroatoms. The van der Waals surface area contributed by atoms with Crippen molar-refractivity contribution in [1.29, 1.82) is 0 Å². The van der Waals surface area contributed by atoms with Crippen LogP contribution in [0.15, 0.2) is 12.1 Å². The molecule has 0 aliphatic carbocycles. The predicted octanol–water partition coefficient (Wildman–Crippen LogP) is 2.85. The predicted molar refractivity (Wildman–Crippen MR) is 78.4 cm³/mol. The fourth-order valence-corrected chi connectivity index (χ4v) is 2.06. The Labute approximate surface area is 114 Å².